The Morgan fingerprint density at radius 2 is 1.64 bits per heavy atom. The van der Waals surface area contributed by atoms with E-state index in [9.17, 15) is 13.2 Å². The van der Waals surface area contributed by atoms with Crippen molar-refractivity contribution in [2.45, 2.75) is 50.3 Å². The molecule has 0 radical (unpaired) electrons. The van der Waals surface area contributed by atoms with Crippen LogP contribution in [0, 0.1) is 5.92 Å². The second-order valence-electron chi connectivity index (χ2n) is 6.22. The first-order valence-corrected chi connectivity index (χ1v) is 9.42. The Bertz CT molecular complexity index is 599. The molecule has 0 aromatic heterocycles. The van der Waals surface area contributed by atoms with Crippen molar-refractivity contribution in [3.63, 3.8) is 0 Å². The van der Waals surface area contributed by atoms with Crippen LogP contribution in [0.5, 0.6) is 0 Å². The number of carbonyl (C=O) groups excluding carboxylic acids is 1. The summed E-state index contributed by atoms with van der Waals surface area (Å²) in [4.78, 5) is 11.5. The van der Waals surface area contributed by atoms with Crippen molar-refractivity contribution < 1.29 is 13.2 Å². The van der Waals surface area contributed by atoms with Crippen LogP contribution in [0.15, 0.2) is 29.2 Å². The van der Waals surface area contributed by atoms with Crippen molar-refractivity contribution in [1.82, 2.24) is 4.31 Å². The van der Waals surface area contributed by atoms with E-state index >= 15 is 0 Å². The third kappa shape index (κ3) is 4.17. The van der Waals surface area contributed by atoms with Gasteiger partial charge in [-0.25, -0.2) is 12.7 Å². The maximum Gasteiger partial charge on any atom is 0.242 e. The summed E-state index contributed by atoms with van der Waals surface area (Å²) in [5.74, 6) is 0.398. The summed E-state index contributed by atoms with van der Waals surface area (Å²) in [6.07, 6.45) is 7.16. The zero-order chi connectivity index (χ0) is 16.2. The number of hydrogen-bond acceptors (Lipinski definition) is 3. The molecule has 2 rings (SSSR count). The average Bonchev–Trinajstić information content (AvgIpc) is 2.76. The molecule has 122 valence electrons. The lowest BCUT2D eigenvalue weighted by molar-refractivity contribution is 0.101. The van der Waals surface area contributed by atoms with E-state index in [0.717, 1.165) is 12.8 Å². The number of carbonyl (C=O) groups is 1. The van der Waals surface area contributed by atoms with Crippen LogP contribution < -0.4 is 0 Å². The molecule has 1 fully saturated rings. The zero-order valence-electron chi connectivity index (χ0n) is 13.4. The number of nitrogens with zero attached hydrogens (tertiary/aromatic N) is 1. The van der Waals surface area contributed by atoms with Gasteiger partial charge in [0, 0.05) is 19.2 Å². The van der Waals surface area contributed by atoms with Gasteiger partial charge in [0.25, 0.3) is 0 Å². The molecule has 1 saturated carbocycles. The van der Waals surface area contributed by atoms with Crippen molar-refractivity contribution in [3.05, 3.63) is 29.8 Å². The highest BCUT2D eigenvalue weighted by Gasteiger charge is 2.24. The third-order valence-electron chi connectivity index (χ3n) is 4.46. The van der Waals surface area contributed by atoms with Crippen molar-refractivity contribution in [3.8, 4) is 0 Å². The van der Waals surface area contributed by atoms with Gasteiger partial charge in [-0.05, 0) is 37.8 Å². The fraction of sp³-hybridized carbons (Fsp3) is 0.588. The summed E-state index contributed by atoms with van der Waals surface area (Å²) in [5, 5.41) is 0. The SMILES string of the molecule is CC(=O)c1ccc(S(=O)(=O)N(C)CC2CCCCCC2)cc1. The maximum atomic E-state index is 12.6. The van der Waals surface area contributed by atoms with Crippen LogP contribution >= 0.6 is 0 Å². The van der Waals surface area contributed by atoms with E-state index in [0.29, 0.717) is 18.0 Å². The first-order chi connectivity index (χ1) is 10.4. The standard InChI is InChI=1S/C17H25NO3S/c1-14(19)16-9-11-17(12-10-16)22(20,21)18(2)13-15-7-5-3-4-6-8-15/h9-12,15H,3-8,13H2,1-2H3. The summed E-state index contributed by atoms with van der Waals surface area (Å²) >= 11 is 0. The van der Waals surface area contributed by atoms with E-state index < -0.39 is 10.0 Å². The predicted molar refractivity (Wildman–Crippen MR) is 87.5 cm³/mol. The van der Waals surface area contributed by atoms with Crippen LogP contribution in [0.25, 0.3) is 0 Å². The van der Waals surface area contributed by atoms with E-state index in [1.807, 2.05) is 0 Å². The Labute approximate surface area is 133 Å². The summed E-state index contributed by atoms with van der Waals surface area (Å²) < 4.78 is 26.7. The molecular weight excluding hydrogens is 298 g/mol. The first-order valence-electron chi connectivity index (χ1n) is 7.98. The lowest BCUT2D eigenvalue weighted by Gasteiger charge is -2.23. The third-order valence-corrected chi connectivity index (χ3v) is 6.30. The molecular formula is C17H25NO3S. The average molecular weight is 323 g/mol. The normalized spacial score (nSPS) is 17.4. The highest BCUT2D eigenvalue weighted by Crippen LogP contribution is 2.25. The number of Topliss-reactive ketones (excluding diaryl/α,β-unsaturated/α-hetero) is 1. The predicted octanol–water partition coefficient (Wildman–Crippen LogP) is 3.48. The summed E-state index contributed by atoms with van der Waals surface area (Å²) in [6.45, 7) is 2.05. The number of hydrogen-bond donors (Lipinski definition) is 0. The Kier molecular flexibility index (Phi) is 5.75. The Morgan fingerprint density at radius 3 is 2.14 bits per heavy atom. The molecule has 1 aromatic rings. The Balaban J connectivity index is 2.09. The lowest BCUT2D eigenvalue weighted by Crippen LogP contribution is -2.32. The van der Waals surface area contributed by atoms with Gasteiger partial charge in [-0.15, -0.1) is 0 Å². The van der Waals surface area contributed by atoms with Gasteiger partial charge in [0.2, 0.25) is 10.0 Å². The zero-order valence-corrected chi connectivity index (χ0v) is 14.2. The molecule has 0 heterocycles. The summed E-state index contributed by atoms with van der Waals surface area (Å²) in [7, 11) is -1.82. The molecule has 0 saturated heterocycles. The van der Waals surface area contributed by atoms with E-state index in [1.165, 1.54) is 49.0 Å². The Hall–Kier alpha value is -1.20. The molecule has 22 heavy (non-hydrogen) atoms. The maximum absolute atomic E-state index is 12.6. The van der Waals surface area contributed by atoms with E-state index in [2.05, 4.69) is 0 Å². The summed E-state index contributed by atoms with van der Waals surface area (Å²) in [6, 6.07) is 6.20. The quantitative estimate of drug-likeness (QED) is 0.616. The minimum Gasteiger partial charge on any atom is -0.295 e. The number of rotatable bonds is 5. The fourth-order valence-corrected chi connectivity index (χ4v) is 4.30. The second-order valence-corrected chi connectivity index (χ2v) is 8.27. The fourth-order valence-electron chi connectivity index (χ4n) is 3.05. The van der Waals surface area contributed by atoms with Gasteiger partial charge in [0.05, 0.1) is 4.90 Å². The van der Waals surface area contributed by atoms with Crippen LogP contribution in [0.1, 0.15) is 55.8 Å². The van der Waals surface area contributed by atoms with Crippen molar-refractivity contribution >= 4 is 15.8 Å². The van der Waals surface area contributed by atoms with Gasteiger partial charge < -0.3 is 0 Å². The van der Waals surface area contributed by atoms with E-state index in [-0.39, 0.29) is 10.7 Å². The minimum absolute atomic E-state index is 0.0595. The highest BCUT2D eigenvalue weighted by atomic mass is 32.2. The van der Waals surface area contributed by atoms with Gasteiger partial charge in [0.15, 0.2) is 5.78 Å². The highest BCUT2D eigenvalue weighted by molar-refractivity contribution is 7.89. The molecule has 1 aliphatic carbocycles. The van der Waals surface area contributed by atoms with Crippen molar-refractivity contribution in [1.29, 1.82) is 0 Å². The van der Waals surface area contributed by atoms with Gasteiger partial charge in [-0.2, -0.15) is 0 Å². The molecule has 1 aromatic carbocycles. The van der Waals surface area contributed by atoms with Crippen LogP contribution in [0.3, 0.4) is 0 Å². The largest absolute Gasteiger partial charge is 0.295 e. The number of benzene rings is 1. The van der Waals surface area contributed by atoms with Crippen molar-refractivity contribution in [2.75, 3.05) is 13.6 Å². The van der Waals surface area contributed by atoms with Crippen molar-refractivity contribution in [2.24, 2.45) is 5.92 Å². The van der Waals surface area contributed by atoms with Crippen LogP contribution in [-0.4, -0.2) is 32.1 Å². The van der Waals surface area contributed by atoms with Crippen LogP contribution in [0.2, 0.25) is 0 Å². The van der Waals surface area contributed by atoms with Crippen LogP contribution in [0.4, 0.5) is 0 Å². The van der Waals surface area contributed by atoms with Gasteiger partial charge in [-0.3, -0.25) is 4.79 Å². The lowest BCUT2D eigenvalue weighted by atomic mass is 10.0. The Morgan fingerprint density at radius 1 is 1.09 bits per heavy atom. The van der Waals surface area contributed by atoms with Gasteiger partial charge in [0.1, 0.15) is 0 Å². The molecule has 0 aliphatic heterocycles. The molecule has 0 bridgehead atoms. The molecule has 0 amide bonds. The molecule has 0 spiro atoms. The molecule has 0 N–H and O–H groups in total. The van der Waals surface area contributed by atoms with E-state index in [1.54, 1.807) is 19.2 Å². The summed E-state index contributed by atoms with van der Waals surface area (Å²) in [5.41, 5.74) is 0.533. The molecule has 1 aliphatic rings. The molecule has 0 atom stereocenters. The first kappa shape index (κ1) is 17.2. The molecule has 0 unspecified atom stereocenters. The topological polar surface area (TPSA) is 54.5 Å². The van der Waals surface area contributed by atoms with Crippen LogP contribution in [-0.2, 0) is 10.0 Å². The minimum atomic E-state index is -3.47. The van der Waals surface area contributed by atoms with E-state index in [4.69, 9.17) is 0 Å². The smallest absolute Gasteiger partial charge is 0.242 e. The van der Waals surface area contributed by atoms with Gasteiger partial charge >= 0.3 is 0 Å². The monoisotopic (exact) mass is 323 g/mol. The molecule has 4 nitrogen and oxygen atoms in total. The molecule has 5 heteroatoms. The second kappa shape index (κ2) is 7.38. The number of ketones is 1. The van der Waals surface area contributed by atoms with Gasteiger partial charge in [-0.1, -0.05) is 37.8 Å². The number of sulfonamides is 1.